The number of anilines is 4. The smallest absolute Gasteiger partial charge is 0.340 e. The van der Waals surface area contributed by atoms with Gasteiger partial charge in [-0.3, -0.25) is 0 Å². The number of carbonyl (C=O) groups excluding carboxylic acids is 1. The van der Waals surface area contributed by atoms with Crippen molar-refractivity contribution >= 4 is 40.7 Å². The maximum absolute atomic E-state index is 12.1. The number of nitrogens with zero attached hydrogens (tertiary/aromatic N) is 3. The van der Waals surface area contributed by atoms with Crippen LogP contribution in [0.3, 0.4) is 0 Å². The minimum Gasteiger partial charge on any atom is -0.462 e. The summed E-state index contributed by atoms with van der Waals surface area (Å²) in [5, 5.41) is 14.8. The zero-order chi connectivity index (χ0) is 19.2. The van der Waals surface area contributed by atoms with E-state index < -0.39 is 5.97 Å². The molecule has 2 N–H and O–H groups in total. The second kappa shape index (κ2) is 8.46. The maximum Gasteiger partial charge on any atom is 0.340 e. The van der Waals surface area contributed by atoms with Gasteiger partial charge in [-0.25, -0.2) is 4.79 Å². The van der Waals surface area contributed by atoms with E-state index in [4.69, 9.17) is 16.3 Å². The maximum atomic E-state index is 12.1. The molecular formula is C19H18ClN5O2. The van der Waals surface area contributed by atoms with Crippen LogP contribution in [0.5, 0.6) is 0 Å². The predicted octanol–water partition coefficient (Wildman–Crippen LogP) is 4.50. The Balaban J connectivity index is 1.82. The van der Waals surface area contributed by atoms with Crippen molar-refractivity contribution in [2.75, 3.05) is 17.2 Å². The van der Waals surface area contributed by atoms with E-state index in [0.29, 0.717) is 34.6 Å². The minimum atomic E-state index is -0.405. The number of para-hydroxylation sites is 1. The number of nitrogens with one attached hydrogen (secondary N) is 2. The van der Waals surface area contributed by atoms with E-state index >= 15 is 0 Å². The predicted molar refractivity (Wildman–Crippen MR) is 105 cm³/mol. The van der Waals surface area contributed by atoms with Gasteiger partial charge in [0.05, 0.1) is 24.1 Å². The first-order chi connectivity index (χ1) is 13.1. The summed E-state index contributed by atoms with van der Waals surface area (Å²) >= 11 is 5.98. The third-order valence-corrected chi connectivity index (χ3v) is 3.91. The molecule has 0 fully saturated rings. The summed E-state index contributed by atoms with van der Waals surface area (Å²) in [4.78, 5) is 16.5. The second-order valence-electron chi connectivity index (χ2n) is 5.64. The average Bonchev–Trinajstić information content (AvgIpc) is 2.65. The number of halogens is 1. The standard InChI is InChI=1S/C19H18ClN5O2/c1-3-27-18(26)14-6-4-5-7-16(14)22-17-11-21-25-19(24-17)23-15-9-8-13(20)10-12(15)2/h4-11H,3H2,1-2H3,(H2,22,23,24,25). The monoisotopic (exact) mass is 383 g/mol. The van der Waals surface area contributed by atoms with Crippen molar-refractivity contribution < 1.29 is 9.53 Å². The molecule has 0 atom stereocenters. The molecular weight excluding hydrogens is 366 g/mol. The van der Waals surface area contributed by atoms with Crippen molar-refractivity contribution in [3.05, 3.63) is 64.8 Å². The van der Waals surface area contributed by atoms with Crippen molar-refractivity contribution in [1.82, 2.24) is 15.2 Å². The Morgan fingerprint density at radius 3 is 2.74 bits per heavy atom. The third kappa shape index (κ3) is 4.71. The number of carbonyl (C=O) groups is 1. The first kappa shape index (κ1) is 18.6. The largest absolute Gasteiger partial charge is 0.462 e. The molecule has 0 spiro atoms. The molecule has 0 amide bonds. The van der Waals surface area contributed by atoms with Crippen LogP contribution in [-0.4, -0.2) is 27.8 Å². The second-order valence-corrected chi connectivity index (χ2v) is 6.08. The number of esters is 1. The molecule has 7 nitrogen and oxygen atoms in total. The zero-order valence-corrected chi connectivity index (χ0v) is 15.6. The molecule has 0 aliphatic rings. The molecule has 1 heterocycles. The number of hydrogen-bond donors (Lipinski definition) is 2. The molecule has 0 unspecified atom stereocenters. The molecule has 0 bridgehead atoms. The van der Waals surface area contributed by atoms with Gasteiger partial charge in [-0.2, -0.15) is 10.1 Å². The summed E-state index contributed by atoms with van der Waals surface area (Å²) in [5.41, 5.74) is 2.77. The molecule has 0 saturated carbocycles. The molecule has 1 aromatic heterocycles. The van der Waals surface area contributed by atoms with E-state index in [-0.39, 0.29) is 0 Å². The Morgan fingerprint density at radius 2 is 1.96 bits per heavy atom. The number of aryl methyl sites for hydroxylation is 1. The number of aromatic nitrogens is 3. The van der Waals surface area contributed by atoms with E-state index in [1.54, 1.807) is 31.2 Å². The summed E-state index contributed by atoms with van der Waals surface area (Å²) in [7, 11) is 0. The topological polar surface area (TPSA) is 89.0 Å². The minimum absolute atomic E-state index is 0.302. The highest BCUT2D eigenvalue weighted by Gasteiger charge is 2.13. The lowest BCUT2D eigenvalue weighted by atomic mass is 10.2. The van der Waals surface area contributed by atoms with Crippen molar-refractivity contribution in [2.24, 2.45) is 0 Å². The van der Waals surface area contributed by atoms with Gasteiger partial charge in [0.25, 0.3) is 0 Å². The molecule has 8 heteroatoms. The first-order valence-electron chi connectivity index (χ1n) is 8.33. The van der Waals surface area contributed by atoms with Crippen LogP contribution < -0.4 is 10.6 Å². The third-order valence-electron chi connectivity index (χ3n) is 3.68. The van der Waals surface area contributed by atoms with Crippen LogP contribution in [0, 0.1) is 6.92 Å². The van der Waals surface area contributed by atoms with Gasteiger partial charge >= 0.3 is 5.97 Å². The van der Waals surface area contributed by atoms with Gasteiger partial charge in [0.2, 0.25) is 5.95 Å². The van der Waals surface area contributed by atoms with Crippen molar-refractivity contribution in [3.8, 4) is 0 Å². The van der Waals surface area contributed by atoms with Crippen LogP contribution in [0.4, 0.5) is 23.1 Å². The van der Waals surface area contributed by atoms with Gasteiger partial charge in [0.15, 0.2) is 5.82 Å². The fourth-order valence-corrected chi connectivity index (χ4v) is 2.65. The lowest BCUT2D eigenvalue weighted by molar-refractivity contribution is 0.0527. The number of benzene rings is 2. The molecule has 138 valence electrons. The summed E-state index contributed by atoms with van der Waals surface area (Å²) in [5.74, 6) is 0.354. The van der Waals surface area contributed by atoms with Gasteiger partial charge < -0.3 is 15.4 Å². The van der Waals surface area contributed by atoms with Crippen LogP contribution in [0.2, 0.25) is 5.02 Å². The highest BCUT2D eigenvalue weighted by atomic mass is 35.5. The Morgan fingerprint density at radius 1 is 1.15 bits per heavy atom. The van der Waals surface area contributed by atoms with Gasteiger partial charge in [0.1, 0.15) is 0 Å². The van der Waals surface area contributed by atoms with E-state index in [0.717, 1.165) is 11.3 Å². The lowest BCUT2D eigenvalue weighted by Crippen LogP contribution is -2.09. The number of rotatable bonds is 6. The Bertz CT molecular complexity index is 964. The van der Waals surface area contributed by atoms with Crippen LogP contribution >= 0.6 is 11.6 Å². The molecule has 0 saturated heterocycles. The van der Waals surface area contributed by atoms with E-state index in [9.17, 15) is 4.79 Å². The van der Waals surface area contributed by atoms with Crippen molar-refractivity contribution in [2.45, 2.75) is 13.8 Å². The molecule has 0 aliphatic heterocycles. The van der Waals surface area contributed by atoms with Gasteiger partial charge in [-0.15, -0.1) is 5.10 Å². The number of ether oxygens (including phenoxy) is 1. The Labute approximate surface area is 161 Å². The highest BCUT2D eigenvalue weighted by Crippen LogP contribution is 2.23. The van der Waals surface area contributed by atoms with Crippen LogP contribution in [0.25, 0.3) is 0 Å². The highest BCUT2D eigenvalue weighted by molar-refractivity contribution is 6.30. The molecule has 27 heavy (non-hydrogen) atoms. The van der Waals surface area contributed by atoms with E-state index in [1.807, 2.05) is 25.1 Å². The van der Waals surface area contributed by atoms with Gasteiger partial charge in [-0.05, 0) is 49.7 Å². The first-order valence-corrected chi connectivity index (χ1v) is 8.70. The summed E-state index contributed by atoms with van der Waals surface area (Å²) < 4.78 is 5.08. The quantitative estimate of drug-likeness (QED) is 0.606. The Hall–Kier alpha value is -3.19. The fraction of sp³-hybridized carbons (Fsp3) is 0.158. The van der Waals surface area contributed by atoms with Crippen molar-refractivity contribution in [1.29, 1.82) is 0 Å². The van der Waals surface area contributed by atoms with Gasteiger partial charge in [-0.1, -0.05) is 23.7 Å². The molecule has 2 aromatic carbocycles. The Kier molecular flexibility index (Phi) is 5.83. The zero-order valence-electron chi connectivity index (χ0n) is 14.9. The van der Waals surface area contributed by atoms with Crippen LogP contribution in [0.15, 0.2) is 48.7 Å². The van der Waals surface area contributed by atoms with Gasteiger partial charge in [0, 0.05) is 10.7 Å². The van der Waals surface area contributed by atoms with E-state index in [2.05, 4.69) is 25.8 Å². The summed E-state index contributed by atoms with van der Waals surface area (Å²) in [6.07, 6.45) is 1.47. The average molecular weight is 384 g/mol. The number of hydrogen-bond acceptors (Lipinski definition) is 7. The molecule has 0 aliphatic carbocycles. The SMILES string of the molecule is CCOC(=O)c1ccccc1Nc1cnnc(Nc2ccc(Cl)cc2C)n1. The molecule has 3 rings (SSSR count). The molecule has 0 radical (unpaired) electrons. The lowest BCUT2D eigenvalue weighted by Gasteiger charge is -2.12. The van der Waals surface area contributed by atoms with Crippen LogP contribution in [0.1, 0.15) is 22.8 Å². The summed E-state index contributed by atoms with van der Waals surface area (Å²) in [6, 6.07) is 12.5. The molecule has 3 aromatic rings. The van der Waals surface area contributed by atoms with Crippen molar-refractivity contribution in [3.63, 3.8) is 0 Å². The summed E-state index contributed by atoms with van der Waals surface area (Å²) in [6.45, 7) is 4.00. The fourth-order valence-electron chi connectivity index (χ4n) is 2.42. The van der Waals surface area contributed by atoms with E-state index in [1.165, 1.54) is 6.20 Å². The van der Waals surface area contributed by atoms with Crippen LogP contribution in [-0.2, 0) is 4.74 Å². The normalized spacial score (nSPS) is 10.3.